The first-order valence-electron chi connectivity index (χ1n) is 5.30. The van der Waals surface area contributed by atoms with Crippen LogP contribution in [0.5, 0.6) is 11.6 Å². The highest BCUT2D eigenvalue weighted by molar-refractivity contribution is 5.40. The van der Waals surface area contributed by atoms with Crippen LogP contribution in [0.3, 0.4) is 0 Å². The molecule has 0 spiro atoms. The van der Waals surface area contributed by atoms with Crippen LogP contribution in [0.25, 0.3) is 0 Å². The molecule has 0 aromatic carbocycles. The third kappa shape index (κ3) is 2.85. The molecule has 0 unspecified atom stereocenters. The van der Waals surface area contributed by atoms with Crippen molar-refractivity contribution < 1.29 is 9.47 Å². The van der Waals surface area contributed by atoms with Crippen LogP contribution in [0, 0.1) is 5.41 Å². The normalized spacial score (nSPS) is 11.3. The molecule has 0 saturated carbocycles. The van der Waals surface area contributed by atoms with Gasteiger partial charge in [0.1, 0.15) is 5.75 Å². The smallest absolute Gasteiger partial charge is 0.220 e. The second-order valence-corrected chi connectivity index (χ2v) is 4.55. The maximum Gasteiger partial charge on any atom is 0.220 e. The Morgan fingerprint density at radius 3 is 2.50 bits per heavy atom. The number of hydrogen-bond donors (Lipinski definition) is 1. The van der Waals surface area contributed by atoms with Crippen molar-refractivity contribution in [3.63, 3.8) is 0 Å². The average molecular weight is 224 g/mol. The van der Waals surface area contributed by atoms with E-state index >= 15 is 0 Å². The van der Waals surface area contributed by atoms with Crippen LogP contribution in [0.1, 0.15) is 19.4 Å². The van der Waals surface area contributed by atoms with E-state index < -0.39 is 0 Å². The maximum atomic E-state index is 5.74. The summed E-state index contributed by atoms with van der Waals surface area (Å²) in [5, 5.41) is 0. The Hall–Kier alpha value is -1.29. The summed E-state index contributed by atoms with van der Waals surface area (Å²) in [4.78, 5) is 4.18. The van der Waals surface area contributed by atoms with Gasteiger partial charge in [0.15, 0.2) is 0 Å². The molecule has 0 amide bonds. The van der Waals surface area contributed by atoms with Gasteiger partial charge in [0.25, 0.3) is 0 Å². The summed E-state index contributed by atoms with van der Waals surface area (Å²) in [6.07, 6.45) is 2.46. The molecule has 1 rings (SSSR count). The molecule has 4 nitrogen and oxygen atoms in total. The fraction of sp³-hybridized carbons (Fsp3) is 0.583. The van der Waals surface area contributed by atoms with Crippen LogP contribution in [0.2, 0.25) is 0 Å². The minimum absolute atomic E-state index is 0.00356. The highest BCUT2D eigenvalue weighted by atomic mass is 16.5. The quantitative estimate of drug-likeness (QED) is 0.825. The zero-order chi connectivity index (χ0) is 12.2. The molecule has 0 saturated heterocycles. The van der Waals surface area contributed by atoms with Crippen LogP contribution >= 0.6 is 0 Å². The van der Waals surface area contributed by atoms with Gasteiger partial charge in [0.05, 0.1) is 19.8 Å². The second-order valence-electron chi connectivity index (χ2n) is 4.55. The number of hydrogen-bond acceptors (Lipinski definition) is 4. The Morgan fingerprint density at radius 1 is 1.31 bits per heavy atom. The molecule has 1 heterocycles. The predicted octanol–water partition coefficient (Wildman–Crippen LogP) is 1.63. The summed E-state index contributed by atoms with van der Waals surface area (Å²) in [7, 11) is 3.26. The lowest BCUT2D eigenvalue weighted by Crippen LogP contribution is -2.26. The van der Waals surface area contributed by atoms with Crippen LogP contribution in [-0.4, -0.2) is 25.7 Å². The van der Waals surface area contributed by atoms with Crippen molar-refractivity contribution in [3.8, 4) is 11.6 Å². The number of pyridine rings is 1. The Labute approximate surface area is 96.8 Å². The van der Waals surface area contributed by atoms with Crippen molar-refractivity contribution in [3.05, 3.63) is 17.8 Å². The van der Waals surface area contributed by atoms with Gasteiger partial charge >= 0.3 is 0 Å². The van der Waals surface area contributed by atoms with Gasteiger partial charge in [0.2, 0.25) is 5.88 Å². The number of ether oxygens (including phenoxy) is 2. The summed E-state index contributed by atoms with van der Waals surface area (Å²) in [5.74, 6) is 1.41. The van der Waals surface area contributed by atoms with Crippen molar-refractivity contribution in [2.24, 2.45) is 11.1 Å². The zero-order valence-electron chi connectivity index (χ0n) is 10.4. The van der Waals surface area contributed by atoms with Gasteiger partial charge in [-0.25, -0.2) is 4.98 Å². The number of methoxy groups -OCH3 is 2. The average Bonchev–Trinajstić information content (AvgIpc) is 2.29. The van der Waals surface area contributed by atoms with Crippen molar-refractivity contribution >= 4 is 0 Å². The maximum absolute atomic E-state index is 5.74. The molecule has 0 bridgehead atoms. The number of nitrogens with zero attached hydrogens (tertiary/aromatic N) is 1. The molecule has 0 atom stereocenters. The Kier molecular flexibility index (Phi) is 4.12. The fourth-order valence-corrected chi connectivity index (χ4v) is 1.54. The minimum atomic E-state index is 0.00356. The van der Waals surface area contributed by atoms with Crippen LogP contribution in [0.15, 0.2) is 12.3 Å². The van der Waals surface area contributed by atoms with Gasteiger partial charge < -0.3 is 15.2 Å². The molecule has 0 radical (unpaired) electrons. The van der Waals surface area contributed by atoms with Gasteiger partial charge in [-0.15, -0.1) is 0 Å². The van der Waals surface area contributed by atoms with Crippen molar-refractivity contribution in [1.29, 1.82) is 0 Å². The SMILES string of the molecule is COc1ccnc(OC)c1CC(C)(C)CN. The molecule has 0 aliphatic rings. The van der Waals surface area contributed by atoms with Crippen LogP contribution < -0.4 is 15.2 Å². The third-order valence-corrected chi connectivity index (χ3v) is 2.59. The van der Waals surface area contributed by atoms with E-state index in [1.807, 2.05) is 6.07 Å². The van der Waals surface area contributed by atoms with E-state index in [1.165, 1.54) is 0 Å². The zero-order valence-corrected chi connectivity index (χ0v) is 10.4. The topological polar surface area (TPSA) is 57.4 Å². The third-order valence-electron chi connectivity index (χ3n) is 2.59. The number of aromatic nitrogens is 1. The summed E-state index contributed by atoms with van der Waals surface area (Å²) >= 11 is 0. The first-order chi connectivity index (χ1) is 7.54. The summed E-state index contributed by atoms with van der Waals surface area (Å²) in [5.41, 5.74) is 6.71. The van der Waals surface area contributed by atoms with E-state index in [-0.39, 0.29) is 5.41 Å². The van der Waals surface area contributed by atoms with Crippen molar-refractivity contribution in [2.45, 2.75) is 20.3 Å². The lowest BCUT2D eigenvalue weighted by molar-refractivity contribution is 0.335. The molecular weight excluding hydrogens is 204 g/mol. The second kappa shape index (κ2) is 5.16. The molecule has 1 aromatic heterocycles. The molecule has 0 aliphatic carbocycles. The van der Waals surface area contributed by atoms with E-state index in [2.05, 4.69) is 18.8 Å². The molecule has 16 heavy (non-hydrogen) atoms. The molecule has 4 heteroatoms. The lowest BCUT2D eigenvalue weighted by atomic mass is 9.86. The standard InChI is InChI=1S/C12H20N2O2/c1-12(2,8-13)7-9-10(15-3)5-6-14-11(9)16-4/h5-6H,7-8,13H2,1-4H3. The van der Waals surface area contributed by atoms with Gasteiger partial charge in [-0.2, -0.15) is 0 Å². The first-order valence-corrected chi connectivity index (χ1v) is 5.30. The fourth-order valence-electron chi connectivity index (χ4n) is 1.54. The largest absolute Gasteiger partial charge is 0.496 e. The Balaban J connectivity index is 3.09. The molecule has 1 aromatic rings. The van der Waals surface area contributed by atoms with Crippen molar-refractivity contribution in [1.82, 2.24) is 4.98 Å². The van der Waals surface area contributed by atoms with E-state index in [0.717, 1.165) is 17.7 Å². The van der Waals surface area contributed by atoms with Gasteiger partial charge in [-0.05, 0) is 24.4 Å². The summed E-state index contributed by atoms with van der Waals surface area (Å²) in [6.45, 7) is 4.83. The molecule has 0 aliphatic heterocycles. The van der Waals surface area contributed by atoms with Crippen LogP contribution in [-0.2, 0) is 6.42 Å². The first kappa shape index (κ1) is 12.8. The van der Waals surface area contributed by atoms with Crippen LogP contribution in [0.4, 0.5) is 0 Å². The Bertz CT molecular complexity index is 329. The molecule has 90 valence electrons. The van der Waals surface area contributed by atoms with E-state index in [0.29, 0.717) is 12.4 Å². The van der Waals surface area contributed by atoms with Gasteiger partial charge in [-0.1, -0.05) is 13.8 Å². The monoisotopic (exact) mass is 224 g/mol. The van der Waals surface area contributed by atoms with E-state index in [4.69, 9.17) is 15.2 Å². The Morgan fingerprint density at radius 2 is 2.00 bits per heavy atom. The van der Waals surface area contributed by atoms with Gasteiger partial charge in [-0.3, -0.25) is 0 Å². The molecule has 2 N–H and O–H groups in total. The number of rotatable bonds is 5. The molecule has 0 fully saturated rings. The van der Waals surface area contributed by atoms with Gasteiger partial charge in [0, 0.05) is 6.20 Å². The summed E-state index contributed by atoms with van der Waals surface area (Å²) in [6, 6.07) is 1.84. The molecular formula is C12H20N2O2. The summed E-state index contributed by atoms with van der Waals surface area (Å²) < 4.78 is 10.6. The number of nitrogens with two attached hydrogens (primary N) is 1. The van der Waals surface area contributed by atoms with Crippen molar-refractivity contribution in [2.75, 3.05) is 20.8 Å². The highest BCUT2D eigenvalue weighted by Crippen LogP contribution is 2.32. The lowest BCUT2D eigenvalue weighted by Gasteiger charge is -2.24. The highest BCUT2D eigenvalue weighted by Gasteiger charge is 2.22. The van der Waals surface area contributed by atoms with E-state index in [9.17, 15) is 0 Å². The minimum Gasteiger partial charge on any atom is -0.496 e. The van der Waals surface area contributed by atoms with E-state index in [1.54, 1.807) is 20.4 Å². The predicted molar refractivity (Wildman–Crippen MR) is 63.9 cm³/mol.